The summed E-state index contributed by atoms with van der Waals surface area (Å²) >= 11 is 7.64. The van der Waals surface area contributed by atoms with Crippen molar-refractivity contribution in [3.05, 3.63) is 122 Å². The molecule has 0 aliphatic rings. The highest BCUT2D eigenvalue weighted by Crippen LogP contribution is 2.26. The number of allylic oxidation sites excluding steroid dienone is 1. The van der Waals surface area contributed by atoms with Gasteiger partial charge in [0.1, 0.15) is 18.1 Å². The lowest BCUT2D eigenvalue weighted by atomic mass is 10.1. The van der Waals surface area contributed by atoms with Crippen molar-refractivity contribution in [3.63, 3.8) is 0 Å². The minimum atomic E-state index is -0.00503. The quantitative estimate of drug-likeness (QED) is 0.178. The zero-order chi connectivity index (χ0) is 23.9. The Bertz CT molecular complexity index is 1310. The van der Waals surface area contributed by atoms with Gasteiger partial charge in [0, 0.05) is 21.9 Å². The van der Waals surface area contributed by atoms with Crippen LogP contribution in [0.4, 0.5) is 0 Å². The van der Waals surface area contributed by atoms with Crippen molar-refractivity contribution >= 4 is 34.8 Å². The molecule has 0 fully saturated rings. The van der Waals surface area contributed by atoms with Crippen molar-refractivity contribution in [2.24, 2.45) is 0 Å². The Morgan fingerprint density at radius 3 is 2.59 bits per heavy atom. The number of rotatable bonds is 9. The Morgan fingerprint density at radius 2 is 1.82 bits per heavy atom. The number of benzene rings is 3. The van der Waals surface area contributed by atoms with Crippen LogP contribution in [-0.2, 0) is 13.0 Å². The third kappa shape index (κ3) is 6.16. The molecule has 1 heterocycles. The number of ketones is 1. The van der Waals surface area contributed by atoms with E-state index in [0.717, 1.165) is 39.5 Å². The van der Waals surface area contributed by atoms with Gasteiger partial charge >= 0.3 is 0 Å². The van der Waals surface area contributed by atoms with E-state index in [2.05, 4.69) is 12.1 Å². The van der Waals surface area contributed by atoms with Gasteiger partial charge in [-0.3, -0.25) is 4.79 Å². The summed E-state index contributed by atoms with van der Waals surface area (Å²) in [6.45, 7) is 2.28. The van der Waals surface area contributed by atoms with Gasteiger partial charge in [-0.2, -0.15) is 0 Å². The number of thiophene rings is 1. The van der Waals surface area contributed by atoms with E-state index in [-0.39, 0.29) is 5.78 Å². The molecule has 5 heteroatoms. The molecular weight excluding hydrogens is 464 g/mol. The first-order valence-corrected chi connectivity index (χ1v) is 12.1. The minimum Gasteiger partial charge on any atom is -0.496 e. The lowest BCUT2D eigenvalue weighted by molar-refractivity contribution is 0.105. The van der Waals surface area contributed by atoms with Crippen molar-refractivity contribution in [1.29, 1.82) is 0 Å². The fraction of sp³-hybridized carbons (Fsp3) is 0.138. The second-order valence-corrected chi connectivity index (χ2v) is 9.47. The maximum absolute atomic E-state index is 12.7. The molecule has 3 nitrogen and oxygen atoms in total. The molecule has 0 N–H and O–H groups in total. The third-order valence-corrected chi connectivity index (χ3v) is 6.90. The number of methoxy groups -OCH3 is 1. The normalized spacial score (nSPS) is 11.0. The minimum absolute atomic E-state index is 0.00503. The van der Waals surface area contributed by atoms with Gasteiger partial charge in [0.2, 0.25) is 0 Å². The van der Waals surface area contributed by atoms with Crippen molar-refractivity contribution in [2.45, 2.75) is 20.0 Å². The average molecular weight is 489 g/mol. The Labute approximate surface area is 209 Å². The van der Waals surface area contributed by atoms with E-state index in [1.165, 1.54) is 21.8 Å². The summed E-state index contributed by atoms with van der Waals surface area (Å²) < 4.78 is 11.4. The highest BCUT2D eigenvalue weighted by molar-refractivity contribution is 7.14. The van der Waals surface area contributed by atoms with Crippen LogP contribution < -0.4 is 9.47 Å². The molecule has 4 aromatic rings. The summed E-state index contributed by atoms with van der Waals surface area (Å²) in [5, 5.41) is 0.708. The molecule has 0 unspecified atom stereocenters. The first-order chi connectivity index (χ1) is 16.5. The summed E-state index contributed by atoms with van der Waals surface area (Å²) in [6, 6.07) is 25.6. The third-order valence-electron chi connectivity index (χ3n) is 5.38. The molecule has 34 heavy (non-hydrogen) atoms. The summed E-state index contributed by atoms with van der Waals surface area (Å²) in [5.74, 6) is 1.47. The Kier molecular flexibility index (Phi) is 7.84. The van der Waals surface area contributed by atoms with Gasteiger partial charge < -0.3 is 9.47 Å². The summed E-state index contributed by atoms with van der Waals surface area (Å²) in [6.07, 6.45) is 4.28. The van der Waals surface area contributed by atoms with Gasteiger partial charge in [-0.05, 0) is 72.2 Å². The van der Waals surface area contributed by atoms with Crippen LogP contribution in [0.15, 0.2) is 84.9 Å². The number of carbonyl (C=O) groups is 1. The second kappa shape index (κ2) is 11.2. The number of ether oxygens (including phenoxy) is 2. The van der Waals surface area contributed by atoms with E-state index in [1.54, 1.807) is 13.2 Å². The Balaban J connectivity index is 1.43. The molecule has 0 radical (unpaired) electrons. The molecule has 0 atom stereocenters. The molecule has 0 amide bonds. The van der Waals surface area contributed by atoms with E-state index in [4.69, 9.17) is 21.1 Å². The van der Waals surface area contributed by atoms with Crippen LogP contribution in [0.5, 0.6) is 11.5 Å². The zero-order valence-electron chi connectivity index (χ0n) is 19.1. The zero-order valence-corrected chi connectivity index (χ0v) is 20.7. The van der Waals surface area contributed by atoms with Gasteiger partial charge in [-0.1, -0.05) is 54.1 Å². The molecule has 4 rings (SSSR count). The number of hydrogen-bond donors (Lipinski definition) is 0. The van der Waals surface area contributed by atoms with E-state index in [1.807, 2.05) is 79.7 Å². The van der Waals surface area contributed by atoms with E-state index in [0.29, 0.717) is 11.6 Å². The molecule has 3 aromatic carbocycles. The summed E-state index contributed by atoms with van der Waals surface area (Å²) in [7, 11) is 1.63. The van der Waals surface area contributed by atoms with Gasteiger partial charge in [0.25, 0.3) is 0 Å². The molecule has 0 aliphatic heterocycles. The largest absolute Gasteiger partial charge is 0.496 e. The van der Waals surface area contributed by atoms with Crippen molar-refractivity contribution in [1.82, 2.24) is 0 Å². The highest BCUT2D eigenvalue weighted by atomic mass is 35.5. The first-order valence-electron chi connectivity index (χ1n) is 10.9. The smallest absolute Gasteiger partial charge is 0.195 e. The van der Waals surface area contributed by atoms with E-state index in [9.17, 15) is 4.79 Å². The molecular formula is C29H25ClO3S. The van der Waals surface area contributed by atoms with Crippen LogP contribution in [0, 0.1) is 6.92 Å². The van der Waals surface area contributed by atoms with Crippen LogP contribution in [0.25, 0.3) is 6.08 Å². The molecule has 172 valence electrons. The van der Waals surface area contributed by atoms with E-state index < -0.39 is 0 Å². The van der Waals surface area contributed by atoms with Crippen molar-refractivity contribution in [2.75, 3.05) is 7.11 Å². The molecule has 0 saturated heterocycles. The van der Waals surface area contributed by atoms with E-state index >= 15 is 0 Å². The number of aryl methyl sites for hydroxylation is 1. The lowest BCUT2D eigenvalue weighted by Gasteiger charge is -2.12. The van der Waals surface area contributed by atoms with Crippen LogP contribution >= 0.6 is 22.9 Å². The molecule has 0 aliphatic carbocycles. The predicted molar refractivity (Wildman–Crippen MR) is 140 cm³/mol. The SMILES string of the molecule is COc1ccc(/C=C/C(=O)c2ccc(Cc3ccccc3)s2)cc1COc1ccc(Cl)c(C)c1. The van der Waals surface area contributed by atoms with Crippen LogP contribution in [0.2, 0.25) is 5.02 Å². The maximum Gasteiger partial charge on any atom is 0.195 e. The topological polar surface area (TPSA) is 35.5 Å². The molecule has 0 saturated carbocycles. The highest BCUT2D eigenvalue weighted by Gasteiger charge is 2.09. The molecule has 1 aromatic heterocycles. The average Bonchev–Trinajstić information content (AvgIpc) is 3.32. The monoisotopic (exact) mass is 488 g/mol. The van der Waals surface area contributed by atoms with Gasteiger partial charge in [0.15, 0.2) is 5.78 Å². The standard InChI is InChI=1S/C29H25ClO3S/c1-20-16-24(10-12-26(20)30)33-19-23-17-22(9-14-28(23)32-2)8-13-27(31)29-15-11-25(34-29)18-21-6-4-3-5-7-21/h3-17H,18-19H2,1-2H3/b13-8+. The van der Waals surface area contributed by atoms with Crippen LogP contribution in [-0.4, -0.2) is 12.9 Å². The number of hydrogen-bond acceptors (Lipinski definition) is 4. The van der Waals surface area contributed by atoms with Gasteiger partial charge in [-0.25, -0.2) is 0 Å². The number of carbonyl (C=O) groups excluding carboxylic acids is 1. The molecule has 0 spiro atoms. The fourth-order valence-corrected chi connectivity index (χ4v) is 4.62. The van der Waals surface area contributed by atoms with Gasteiger partial charge in [0.05, 0.1) is 12.0 Å². The maximum atomic E-state index is 12.7. The second-order valence-electron chi connectivity index (χ2n) is 7.90. The van der Waals surface area contributed by atoms with Crippen molar-refractivity contribution in [3.8, 4) is 11.5 Å². The van der Waals surface area contributed by atoms with Crippen LogP contribution in [0.3, 0.4) is 0 Å². The first kappa shape index (κ1) is 23.8. The fourth-order valence-electron chi connectivity index (χ4n) is 3.54. The van der Waals surface area contributed by atoms with Crippen LogP contribution in [0.1, 0.15) is 36.8 Å². The number of halogens is 1. The molecule has 0 bridgehead atoms. The summed E-state index contributed by atoms with van der Waals surface area (Å²) in [4.78, 5) is 14.6. The summed E-state index contributed by atoms with van der Waals surface area (Å²) in [5.41, 5.74) is 3.99. The Morgan fingerprint density at radius 1 is 1.00 bits per heavy atom. The Hall–Kier alpha value is -3.34. The lowest BCUT2D eigenvalue weighted by Crippen LogP contribution is -1.99. The predicted octanol–water partition coefficient (Wildman–Crippen LogP) is 7.78. The van der Waals surface area contributed by atoms with Gasteiger partial charge in [-0.15, -0.1) is 11.3 Å². The van der Waals surface area contributed by atoms with Crippen molar-refractivity contribution < 1.29 is 14.3 Å².